The van der Waals surface area contributed by atoms with E-state index in [1.54, 1.807) is 7.11 Å². The Bertz CT molecular complexity index is 328. The van der Waals surface area contributed by atoms with E-state index in [4.69, 9.17) is 18.3 Å². The summed E-state index contributed by atoms with van der Waals surface area (Å²) in [5.74, 6) is 0. The molecule has 4 atom stereocenters. The van der Waals surface area contributed by atoms with Gasteiger partial charge in [0.15, 0.2) is 22.9 Å². The molecule has 1 fully saturated rings. The van der Waals surface area contributed by atoms with Gasteiger partial charge in [-0.05, 0) is 36.3 Å². The van der Waals surface area contributed by atoms with Crippen molar-refractivity contribution in [1.82, 2.24) is 0 Å². The maximum atomic E-state index is 6.90. The van der Waals surface area contributed by atoms with E-state index in [2.05, 4.69) is 64.1 Å². The third-order valence-electron chi connectivity index (χ3n) is 6.29. The van der Waals surface area contributed by atoms with Gasteiger partial charge in [0.05, 0.1) is 6.10 Å². The van der Waals surface area contributed by atoms with Crippen molar-refractivity contribution in [2.24, 2.45) is 0 Å². The summed E-state index contributed by atoms with van der Waals surface area (Å²) in [5.41, 5.74) is 0. The van der Waals surface area contributed by atoms with Crippen LogP contribution in [0.2, 0.25) is 36.3 Å². The Hall–Kier alpha value is 1.00. The second-order valence-corrected chi connectivity index (χ2v) is 17.4. The molecule has 1 heterocycles. The summed E-state index contributed by atoms with van der Waals surface area (Å²) < 4.78 is 26.6. The average Bonchev–Trinajstić information content (AvgIpc) is 3.00. The Kier molecular flexibility index (Phi) is 10.7. The fraction of sp³-hybridized carbons (Fsp3) is 1.00. The Labute approximate surface area is 171 Å². The topological polar surface area (TPSA) is 36.9 Å². The molecule has 7 heteroatoms. The lowest BCUT2D eigenvalue weighted by Crippen LogP contribution is -2.52. The highest BCUT2D eigenvalue weighted by Gasteiger charge is 2.51. The Morgan fingerprint density at radius 3 is 1.48 bits per heavy atom. The first-order valence-electron chi connectivity index (χ1n) is 10.0. The quantitative estimate of drug-likeness (QED) is 0.199. The predicted molar refractivity (Wildman–Crippen MR) is 119 cm³/mol. The highest BCUT2D eigenvalue weighted by atomic mass is 127. The molecule has 0 aromatic carbocycles. The molecule has 1 aliphatic heterocycles. The Morgan fingerprint density at radius 1 is 0.760 bits per heavy atom. The van der Waals surface area contributed by atoms with E-state index in [1.807, 2.05) is 0 Å². The summed E-state index contributed by atoms with van der Waals surface area (Å²) in [5, 5.41) is 0. The first kappa shape index (κ1) is 24.0. The van der Waals surface area contributed by atoms with Crippen molar-refractivity contribution in [2.75, 3.05) is 11.5 Å². The fourth-order valence-corrected chi connectivity index (χ4v) is 10.2. The largest absolute Gasteiger partial charge is 0.408 e. The van der Waals surface area contributed by atoms with Gasteiger partial charge in [0.2, 0.25) is 0 Å². The smallest absolute Gasteiger partial charge is 0.192 e. The second kappa shape index (κ2) is 11.1. The van der Waals surface area contributed by atoms with Crippen molar-refractivity contribution < 1.29 is 18.3 Å². The molecular weight excluding hydrogens is 463 g/mol. The van der Waals surface area contributed by atoms with Crippen LogP contribution >= 0.6 is 22.6 Å². The third kappa shape index (κ3) is 5.51. The van der Waals surface area contributed by atoms with Crippen LogP contribution in [0, 0.1) is 0 Å². The van der Waals surface area contributed by atoms with Gasteiger partial charge < -0.3 is 18.3 Å². The van der Waals surface area contributed by atoms with Crippen LogP contribution < -0.4 is 0 Å². The molecular formula is C18H39IO4Si2. The molecule has 0 radical (unpaired) electrons. The first-order chi connectivity index (χ1) is 11.9. The van der Waals surface area contributed by atoms with Crippen LogP contribution in [-0.2, 0) is 18.3 Å². The van der Waals surface area contributed by atoms with Crippen LogP contribution in [0.5, 0.6) is 0 Å². The molecule has 1 aliphatic rings. The van der Waals surface area contributed by atoms with Crippen LogP contribution in [-0.4, -0.2) is 52.8 Å². The van der Waals surface area contributed by atoms with Gasteiger partial charge in [-0.3, -0.25) is 0 Å². The lowest BCUT2D eigenvalue weighted by Gasteiger charge is -2.39. The van der Waals surface area contributed by atoms with Crippen molar-refractivity contribution in [3.8, 4) is 0 Å². The van der Waals surface area contributed by atoms with E-state index in [0.29, 0.717) is 0 Å². The molecule has 0 amide bonds. The molecule has 0 bridgehead atoms. The second-order valence-electron chi connectivity index (χ2n) is 7.09. The zero-order valence-electron chi connectivity index (χ0n) is 17.3. The van der Waals surface area contributed by atoms with E-state index in [-0.39, 0.29) is 24.6 Å². The minimum Gasteiger partial charge on any atom is -0.408 e. The number of halogens is 1. The van der Waals surface area contributed by atoms with Gasteiger partial charge in [0.25, 0.3) is 0 Å². The van der Waals surface area contributed by atoms with Crippen LogP contribution in [0.25, 0.3) is 0 Å². The van der Waals surface area contributed by atoms with E-state index >= 15 is 0 Å². The summed E-state index contributed by atoms with van der Waals surface area (Å²) in [6.45, 7) is 13.6. The maximum Gasteiger partial charge on any atom is 0.192 e. The highest BCUT2D eigenvalue weighted by Crippen LogP contribution is 2.37. The lowest BCUT2D eigenvalue weighted by molar-refractivity contribution is -0.141. The minimum absolute atomic E-state index is 0.00453. The van der Waals surface area contributed by atoms with Gasteiger partial charge in [-0.25, -0.2) is 0 Å². The zero-order chi connectivity index (χ0) is 19.1. The molecule has 4 nitrogen and oxygen atoms in total. The Morgan fingerprint density at radius 2 is 1.16 bits per heavy atom. The summed E-state index contributed by atoms with van der Waals surface area (Å²) in [6.07, 6.45) is -0.333. The molecule has 0 aromatic rings. The van der Waals surface area contributed by atoms with Gasteiger partial charge >= 0.3 is 0 Å². The maximum absolute atomic E-state index is 6.90. The summed E-state index contributed by atoms with van der Waals surface area (Å²) in [4.78, 5) is 0. The fourth-order valence-electron chi connectivity index (χ4n) is 3.85. The van der Waals surface area contributed by atoms with Crippen LogP contribution in [0.4, 0.5) is 0 Å². The van der Waals surface area contributed by atoms with Gasteiger partial charge in [-0.1, -0.05) is 64.1 Å². The van der Waals surface area contributed by atoms with Crippen molar-refractivity contribution >= 4 is 39.2 Å². The number of hydrogen-bond acceptors (Lipinski definition) is 4. The molecule has 1 saturated heterocycles. The highest BCUT2D eigenvalue weighted by molar-refractivity contribution is 14.1. The van der Waals surface area contributed by atoms with Gasteiger partial charge in [0.1, 0.15) is 12.2 Å². The summed E-state index contributed by atoms with van der Waals surface area (Å²) in [7, 11) is -1.76. The summed E-state index contributed by atoms with van der Waals surface area (Å²) in [6, 6.07) is 6.83. The SMILES string of the molecule is CC[Si](CC)(CC)O[C@@H]1[C@@H](CI)OC(OC)[C@@H]1O[Si](CC)(CC)CC. The zero-order valence-corrected chi connectivity index (χ0v) is 21.4. The van der Waals surface area contributed by atoms with Crippen molar-refractivity contribution in [2.45, 2.75) is 102 Å². The molecule has 0 saturated carbocycles. The number of methoxy groups -OCH3 is 1. The van der Waals surface area contributed by atoms with E-state index in [1.165, 1.54) is 0 Å². The number of alkyl halides is 1. The molecule has 150 valence electrons. The van der Waals surface area contributed by atoms with E-state index < -0.39 is 16.6 Å². The van der Waals surface area contributed by atoms with E-state index in [9.17, 15) is 0 Å². The van der Waals surface area contributed by atoms with Crippen molar-refractivity contribution in [3.63, 3.8) is 0 Å². The third-order valence-corrected chi connectivity index (χ3v) is 16.4. The van der Waals surface area contributed by atoms with E-state index in [0.717, 1.165) is 40.7 Å². The van der Waals surface area contributed by atoms with Crippen molar-refractivity contribution in [1.29, 1.82) is 0 Å². The molecule has 25 heavy (non-hydrogen) atoms. The standard InChI is InChI=1S/C18H39IO4Si2/c1-8-24(9-2,10-3)22-16-15(14-19)21-18(20-7)17(16)23-25(11-4,12-5)13-6/h15-18H,8-14H2,1-7H3/t15-,16-,17-,18?/m1/s1. The predicted octanol–water partition coefficient (Wildman–Crippen LogP) is 5.57. The van der Waals surface area contributed by atoms with Gasteiger partial charge in [-0.2, -0.15) is 0 Å². The molecule has 0 spiro atoms. The molecule has 1 rings (SSSR count). The van der Waals surface area contributed by atoms with Crippen LogP contribution in [0.3, 0.4) is 0 Å². The normalized spacial score (nSPS) is 27.8. The average molecular weight is 503 g/mol. The van der Waals surface area contributed by atoms with Crippen LogP contribution in [0.1, 0.15) is 41.5 Å². The molecule has 1 unspecified atom stereocenters. The minimum atomic E-state index is -1.76. The summed E-state index contributed by atoms with van der Waals surface area (Å²) >= 11 is 2.40. The first-order valence-corrected chi connectivity index (χ1v) is 16.6. The monoisotopic (exact) mass is 502 g/mol. The number of hydrogen-bond donors (Lipinski definition) is 0. The van der Waals surface area contributed by atoms with Gasteiger partial charge in [0, 0.05) is 11.5 Å². The number of ether oxygens (including phenoxy) is 2. The van der Waals surface area contributed by atoms with Gasteiger partial charge in [-0.15, -0.1) is 0 Å². The molecule has 0 N–H and O–H groups in total. The van der Waals surface area contributed by atoms with Crippen LogP contribution in [0.15, 0.2) is 0 Å². The Balaban J connectivity index is 3.13. The molecule has 0 aromatic heterocycles. The lowest BCUT2D eigenvalue weighted by atomic mass is 10.2. The number of rotatable bonds is 12. The van der Waals surface area contributed by atoms with Crippen molar-refractivity contribution in [3.05, 3.63) is 0 Å². The molecule has 0 aliphatic carbocycles.